The highest BCUT2D eigenvalue weighted by Crippen LogP contribution is 2.30. The van der Waals surface area contributed by atoms with Gasteiger partial charge in [-0.2, -0.15) is 5.10 Å². The van der Waals surface area contributed by atoms with Gasteiger partial charge in [0.2, 0.25) is 0 Å². The Bertz CT molecular complexity index is 1230. The fourth-order valence-electron chi connectivity index (χ4n) is 4.11. The number of anilines is 2. The van der Waals surface area contributed by atoms with E-state index < -0.39 is 11.9 Å². The third kappa shape index (κ3) is 5.11. The maximum absolute atomic E-state index is 13.6. The highest BCUT2D eigenvalue weighted by atomic mass is 16.6. The first-order valence-electron chi connectivity index (χ1n) is 11.3. The summed E-state index contributed by atoms with van der Waals surface area (Å²) in [6.45, 7) is 1.05. The normalized spacial score (nSPS) is 12.8. The Balaban J connectivity index is 1.55. The maximum Gasteiger partial charge on any atom is 0.303 e. The minimum atomic E-state index is -0.792. The number of carbonyl (C=O) groups is 3. The predicted molar refractivity (Wildman–Crippen MR) is 130 cm³/mol. The lowest BCUT2D eigenvalue weighted by atomic mass is 10.0. The number of carboxylic acid groups (broad SMARTS) is 1. The van der Waals surface area contributed by atoms with E-state index in [4.69, 9.17) is 15.6 Å². The molecule has 1 aromatic heterocycles. The van der Waals surface area contributed by atoms with E-state index in [9.17, 15) is 14.4 Å². The molecule has 182 valence electrons. The second-order valence-electron chi connectivity index (χ2n) is 8.18. The summed E-state index contributed by atoms with van der Waals surface area (Å²) in [5.74, 6) is -1.07. The van der Waals surface area contributed by atoms with Crippen LogP contribution in [0.15, 0.2) is 48.5 Å². The first-order chi connectivity index (χ1) is 16.9. The number of aromatic nitrogens is 2. The van der Waals surface area contributed by atoms with Crippen molar-refractivity contribution in [1.29, 1.82) is 0 Å². The number of carboxylic acids is 1. The Kier molecular flexibility index (Phi) is 7.00. The Labute approximate surface area is 202 Å². The van der Waals surface area contributed by atoms with Gasteiger partial charge in [-0.15, -0.1) is 0 Å². The van der Waals surface area contributed by atoms with Crippen molar-refractivity contribution in [1.82, 2.24) is 9.78 Å². The molecular formula is C25H27N5O5. The number of benzene rings is 2. The summed E-state index contributed by atoms with van der Waals surface area (Å²) in [7, 11) is 1.57. The van der Waals surface area contributed by atoms with E-state index in [1.165, 1.54) is 4.68 Å². The van der Waals surface area contributed by atoms with Crippen molar-refractivity contribution in [3.05, 3.63) is 65.5 Å². The average Bonchev–Trinajstić information content (AvgIpc) is 3.25. The van der Waals surface area contributed by atoms with Crippen LogP contribution in [0.4, 0.5) is 11.4 Å². The summed E-state index contributed by atoms with van der Waals surface area (Å²) in [6.07, 6.45) is 1.96. The van der Waals surface area contributed by atoms with Crippen LogP contribution in [0.1, 0.15) is 45.8 Å². The van der Waals surface area contributed by atoms with Crippen LogP contribution in [0.25, 0.3) is 5.69 Å². The second kappa shape index (κ2) is 10.3. The number of fused-ring (bicyclic) bond motifs is 1. The Morgan fingerprint density at radius 3 is 2.46 bits per heavy atom. The minimum Gasteiger partial charge on any atom is -0.497 e. The molecule has 0 bridgehead atoms. The molecule has 2 aromatic carbocycles. The van der Waals surface area contributed by atoms with E-state index in [1.807, 2.05) is 24.3 Å². The van der Waals surface area contributed by atoms with Gasteiger partial charge in [-0.05, 0) is 67.8 Å². The number of carbonyl (C=O) groups excluding carboxylic acids is 2. The van der Waals surface area contributed by atoms with Gasteiger partial charge >= 0.3 is 5.97 Å². The molecule has 0 unspecified atom stereocenters. The predicted octanol–water partition coefficient (Wildman–Crippen LogP) is 2.85. The smallest absolute Gasteiger partial charge is 0.303 e. The van der Waals surface area contributed by atoms with Gasteiger partial charge < -0.3 is 25.8 Å². The number of aliphatic carboxylic acids is 1. The molecule has 0 aliphatic carbocycles. The summed E-state index contributed by atoms with van der Waals surface area (Å²) in [6, 6.07) is 14.5. The van der Waals surface area contributed by atoms with Crippen molar-refractivity contribution < 1.29 is 24.2 Å². The summed E-state index contributed by atoms with van der Waals surface area (Å²) < 4.78 is 6.67. The molecule has 1 aliphatic rings. The van der Waals surface area contributed by atoms with Crippen LogP contribution in [0.5, 0.6) is 5.75 Å². The zero-order valence-electron chi connectivity index (χ0n) is 19.4. The molecule has 0 radical (unpaired) electrons. The molecule has 0 fully saturated rings. The molecule has 0 saturated carbocycles. The van der Waals surface area contributed by atoms with Crippen LogP contribution in [0.3, 0.4) is 0 Å². The number of nitrogens with two attached hydrogens (primary N) is 1. The van der Waals surface area contributed by atoms with Gasteiger partial charge in [0.05, 0.1) is 12.8 Å². The number of nitrogens with one attached hydrogen (secondary N) is 1. The van der Waals surface area contributed by atoms with Gasteiger partial charge in [-0.1, -0.05) is 0 Å². The number of amides is 2. The van der Waals surface area contributed by atoms with Gasteiger partial charge in [0.15, 0.2) is 5.69 Å². The van der Waals surface area contributed by atoms with E-state index in [1.54, 1.807) is 36.3 Å². The van der Waals surface area contributed by atoms with Crippen LogP contribution < -0.4 is 20.7 Å². The molecule has 3 aromatic rings. The summed E-state index contributed by atoms with van der Waals surface area (Å²) in [5.41, 5.74) is 8.75. The molecule has 10 heteroatoms. The largest absolute Gasteiger partial charge is 0.497 e. The Morgan fingerprint density at radius 1 is 1.14 bits per heavy atom. The van der Waals surface area contributed by atoms with Gasteiger partial charge in [0.25, 0.3) is 11.8 Å². The van der Waals surface area contributed by atoms with Gasteiger partial charge in [-0.25, -0.2) is 4.68 Å². The average molecular weight is 480 g/mol. The number of methoxy groups -OCH3 is 1. The van der Waals surface area contributed by atoms with Gasteiger partial charge in [-0.3, -0.25) is 14.4 Å². The fraction of sp³-hybridized carbons (Fsp3) is 0.280. The molecule has 2 heterocycles. The first kappa shape index (κ1) is 23.8. The van der Waals surface area contributed by atoms with Crippen molar-refractivity contribution in [3.8, 4) is 11.4 Å². The van der Waals surface area contributed by atoms with Crippen molar-refractivity contribution in [2.45, 2.75) is 25.7 Å². The molecule has 10 nitrogen and oxygen atoms in total. The van der Waals surface area contributed by atoms with Gasteiger partial charge in [0, 0.05) is 36.4 Å². The SMILES string of the molecule is COc1ccc(-n2nc(C(N)=O)c3c2C(=O)N(c2ccc(NCCCC[14C](=O)O)cc2)CC3)cc1. The molecule has 0 spiro atoms. The minimum absolute atomic E-state index is 0.103. The van der Waals surface area contributed by atoms with Crippen LogP contribution in [0.2, 0.25) is 0 Å². The number of rotatable bonds is 10. The number of hydrogen-bond acceptors (Lipinski definition) is 6. The monoisotopic (exact) mass is 479 g/mol. The number of unbranched alkanes of at least 4 members (excludes halogenated alkanes) is 1. The van der Waals surface area contributed by atoms with E-state index >= 15 is 0 Å². The van der Waals surface area contributed by atoms with E-state index in [0.717, 1.165) is 17.8 Å². The molecule has 4 rings (SSSR count). The summed E-state index contributed by atoms with van der Waals surface area (Å²) in [4.78, 5) is 37.9. The Hall–Kier alpha value is -4.34. The van der Waals surface area contributed by atoms with E-state index in [0.29, 0.717) is 48.6 Å². The van der Waals surface area contributed by atoms with Crippen molar-refractivity contribution in [2.24, 2.45) is 5.73 Å². The number of primary amides is 1. The molecule has 0 atom stereocenters. The molecule has 1 aliphatic heterocycles. The topological polar surface area (TPSA) is 140 Å². The molecule has 4 N–H and O–H groups in total. The maximum atomic E-state index is 13.6. The zero-order chi connectivity index (χ0) is 24.9. The zero-order valence-corrected chi connectivity index (χ0v) is 19.4. The quantitative estimate of drug-likeness (QED) is 0.380. The fourth-order valence-corrected chi connectivity index (χ4v) is 4.11. The number of ether oxygens (including phenoxy) is 1. The molecule has 0 saturated heterocycles. The highest BCUT2D eigenvalue weighted by molar-refractivity contribution is 6.09. The lowest BCUT2D eigenvalue weighted by Gasteiger charge is -2.28. The third-order valence-electron chi connectivity index (χ3n) is 5.89. The van der Waals surface area contributed by atoms with E-state index in [-0.39, 0.29) is 18.0 Å². The first-order valence-corrected chi connectivity index (χ1v) is 11.3. The van der Waals surface area contributed by atoms with Crippen LogP contribution in [0, 0.1) is 0 Å². The van der Waals surface area contributed by atoms with Crippen molar-refractivity contribution >= 4 is 29.2 Å². The van der Waals surface area contributed by atoms with E-state index in [2.05, 4.69) is 10.4 Å². The third-order valence-corrected chi connectivity index (χ3v) is 5.89. The highest BCUT2D eigenvalue weighted by Gasteiger charge is 2.34. The van der Waals surface area contributed by atoms with Crippen LogP contribution in [-0.2, 0) is 11.2 Å². The Morgan fingerprint density at radius 2 is 1.83 bits per heavy atom. The lowest BCUT2D eigenvalue weighted by Crippen LogP contribution is -2.39. The number of nitrogens with zero attached hydrogens (tertiary/aromatic N) is 3. The molecule has 2 amide bonds. The summed E-state index contributed by atoms with van der Waals surface area (Å²) in [5, 5.41) is 16.3. The van der Waals surface area contributed by atoms with Crippen LogP contribution >= 0.6 is 0 Å². The second-order valence-corrected chi connectivity index (χ2v) is 8.18. The lowest BCUT2D eigenvalue weighted by molar-refractivity contribution is -0.137. The van der Waals surface area contributed by atoms with Crippen molar-refractivity contribution in [3.63, 3.8) is 0 Å². The number of hydrogen-bond donors (Lipinski definition) is 3. The van der Waals surface area contributed by atoms with Crippen LogP contribution in [-0.4, -0.2) is 52.9 Å². The molecular weight excluding hydrogens is 452 g/mol. The van der Waals surface area contributed by atoms with Gasteiger partial charge in [0.1, 0.15) is 11.4 Å². The standard InChI is InChI=1S/C25H27N5O5/c1-35-19-11-9-18(10-12-19)30-23-20(22(28-30)24(26)33)13-15-29(25(23)34)17-7-5-16(6-8-17)27-14-3-2-4-21(31)32/h5-12,27H,2-4,13-15H2,1H3,(H2,26,33)(H,31,32)/i21+2. The van der Waals surface area contributed by atoms with Crippen molar-refractivity contribution in [2.75, 3.05) is 30.4 Å². The summed E-state index contributed by atoms with van der Waals surface area (Å²) >= 11 is 0. The molecule has 35 heavy (non-hydrogen) atoms.